The number of fused-ring (bicyclic) bond motifs is 1. The standard InChI is InChI=1S/C18H17BrO5/c1-21-11-23-17-8-15(19)13(9-20)7-18(17)24-16-4-2-3-12-5-6-22-10-14(12)16/h2-4,7-9H,5-6,10-11H2,1H3. The van der Waals surface area contributed by atoms with Crippen LogP contribution >= 0.6 is 15.9 Å². The van der Waals surface area contributed by atoms with Crippen LogP contribution in [0.2, 0.25) is 0 Å². The summed E-state index contributed by atoms with van der Waals surface area (Å²) in [6, 6.07) is 9.26. The molecule has 6 heteroatoms. The molecule has 0 aliphatic carbocycles. The number of aldehydes is 1. The van der Waals surface area contributed by atoms with Crippen LogP contribution in [-0.2, 0) is 22.5 Å². The fourth-order valence-electron chi connectivity index (χ4n) is 2.54. The van der Waals surface area contributed by atoms with Gasteiger partial charge in [-0.3, -0.25) is 4.79 Å². The lowest BCUT2D eigenvalue weighted by atomic mass is 10.0. The van der Waals surface area contributed by atoms with Crippen LogP contribution in [0.3, 0.4) is 0 Å². The summed E-state index contributed by atoms with van der Waals surface area (Å²) >= 11 is 3.35. The molecule has 2 aromatic rings. The number of hydrogen-bond acceptors (Lipinski definition) is 5. The molecule has 0 saturated carbocycles. The highest BCUT2D eigenvalue weighted by Crippen LogP contribution is 2.38. The van der Waals surface area contributed by atoms with E-state index < -0.39 is 0 Å². The van der Waals surface area contributed by atoms with Crippen LogP contribution in [0.1, 0.15) is 21.5 Å². The summed E-state index contributed by atoms with van der Waals surface area (Å²) in [7, 11) is 1.54. The zero-order valence-electron chi connectivity index (χ0n) is 13.2. The van der Waals surface area contributed by atoms with Gasteiger partial charge in [0.2, 0.25) is 0 Å². The smallest absolute Gasteiger partial charge is 0.188 e. The first-order valence-corrected chi connectivity index (χ1v) is 8.29. The Morgan fingerprint density at radius 2 is 2.12 bits per heavy atom. The van der Waals surface area contributed by atoms with Crippen LogP contribution in [-0.4, -0.2) is 26.8 Å². The fourth-order valence-corrected chi connectivity index (χ4v) is 2.95. The Morgan fingerprint density at radius 1 is 1.25 bits per heavy atom. The third kappa shape index (κ3) is 3.61. The summed E-state index contributed by atoms with van der Waals surface area (Å²) in [5.74, 6) is 1.65. The van der Waals surface area contributed by atoms with Crippen molar-refractivity contribution in [3.05, 3.63) is 51.5 Å². The maximum atomic E-state index is 11.2. The molecule has 0 fully saturated rings. The van der Waals surface area contributed by atoms with E-state index in [9.17, 15) is 4.79 Å². The van der Waals surface area contributed by atoms with E-state index in [0.29, 0.717) is 40.5 Å². The number of carbonyl (C=O) groups is 1. The molecule has 0 aromatic heterocycles. The Morgan fingerprint density at radius 3 is 2.92 bits per heavy atom. The highest BCUT2D eigenvalue weighted by molar-refractivity contribution is 9.10. The van der Waals surface area contributed by atoms with E-state index in [2.05, 4.69) is 22.0 Å². The quantitative estimate of drug-likeness (QED) is 0.546. The Hall–Kier alpha value is -1.89. The van der Waals surface area contributed by atoms with Gasteiger partial charge in [0.1, 0.15) is 5.75 Å². The van der Waals surface area contributed by atoms with Crippen molar-refractivity contribution in [3.63, 3.8) is 0 Å². The largest absolute Gasteiger partial charge is 0.464 e. The number of halogens is 1. The van der Waals surface area contributed by atoms with Gasteiger partial charge in [-0.05, 0) is 46.1 Å². The van der Waals surface area contributed by atoms with E-state index in [1.807, 2.05) is 12.1 Å². The van der Waals surface area contributed by atoms with Gasteiger partial charge in [-0.1, -0.05) is 12.1 Å². The predicted octanol–water partition coefficient (Wildman–Crippen LogP) is 4.11. The molecule has 1 aliphatic rings. The van der Waals surface area contributed by atoms with Crippen LogP contribution in [0.5, 0.6) is 17.2 Å². The summed E-state index contributed by atoms with van der Waals surface area (Å²) in [5, 5.41) is 0. The SMILES string of the molecule is COCOc1cc(Br)c(C=O)cc1Oc1cccc2c1COCC2. The highest BCUT2D eigenvalue weighted by atomic mass is 79.9. The first kappa shape index (κ1) is 17.0. The van der Waals surface area contributed by atoms with Crippen molar-refractivity contribution in [1.29, 1.82) is 0 Å². The minimum absolute atomic E-state index is 0.0826. The van der Waals surface area contributed by atoms with Gasteiger partial charge in [0.25, 0.3) is 0 Å². The van der Waals surface area contributed by atoms with E-state index in [-0.39, 0.29) is 6.79 Å². The molecule has 0 spiro atoms. The van der Waals surface area contributed by atoms with Crippen molar-refractivity contribution >= 4 is 22.2 Å². The minimum Gasteiger partial charge on any atom is -0.464 e. The summed E-state index contributed by atoms with van der Waals surface area (Å²) in [6.07, 6.45) is 1.63. The maximum absolute atomic E-state index is 11.2. The van der Waals surface area contributed by atoms with Gasteiger partial charge in [0.15, 0.2) is 24.6 Å². The number of benzene rings is 2. The van der Waals surface area contributed by atoms with E-state index in [1.54, 1.807) is 19.2 Å². The van der Waals surface area contributed by atoms with Crippen LogP contribution in [0, 0.1) is 0 Å². The molecular formula is C18H17BrO5. The molecule has 0 bridgehead atoms. The highest BCUT2D eigenvalue weighted by Gasteiger charge is 2.17. The monoisotopic (exact) mass is 392 g/mol. The second-order valence-corrected chi connectivity index (χ2v) is 6.14. The van der Waals surface area contributed by atoms with E-state index in [4.69, 9.17) is 18.9 Å². The summed E-state index contributed by atoms with van der Waals surface area (Å²) < 4.78 is 22.7. The Bertz CT molecular complexity index is 744. The molecule has 0 amide bonds. The molecule has 2 aromatic carbocycles. The van der Waals surface area contributed by atoms with Crippen LogP contribution in [0.4, 0.5) is 0 Å². The molecule has 1 heterocycles. The van der Waals surface area contributed by atoms with Gasteiger partial charge in [0, 0.05) is 22.7 Å². The molecule has 0 N–H and O–H groups in total. The lowest BCUT2D eigenvalue weighted by Gasteiger charge is -2.21. The number of carbonyl (C=O) groups excluding carboxylic acids is 1. The van der Waals surface area contributed by atoms with Crippen LogP contribution < -0.4 is 9.47 Å². The van der Waals surface area contributed by atoms with E-state index in [0.717, 1.165) is 18.3 Å². The van der Waals surface area contributed by atoms with Crippen molar-refractivity contribution in [2.45, 2.75) is 13.0 Å². The first-order chi connectivity index (χ1) is 11.7. The van der Waals surface area contributed by atoms with Gasteiger partial charge < -0.3 is 18.9 Å². The zero-order chi connectivity index (χ0) is 16.9. The minimum atomic E-state index is 0.0826. The fraction of sp³-hybridized carbons (Fsp3) is 0.278. The molecule has 0 atom stereocenters. The molecule has 126 valence electrons. The van der Waals surface area contributed by atoms with Crippen LogP contribution in [0.25, 0.3) is 0 Å². The molecule has 3 rings (SSSR count). The molecule has 0 unspecified atom stereocenters. The van der Waals surface area contributed by atoms with E-state index >= 15 is 0 Å². The summed E-state index contributed by atoms with van der Waals surface area (Å²) in [4.78, 5) is 11.2. The second kappa shape index (κ2) is 7.79. The molecule has 0 radical (unpaired) electrons. The van der Waals surface area contributed by atoms with Crippen molar-refractivity contribution in [2.24, 2.45) is 0 Å². The van der Waals surface area contributed by atoms with E-state index in [1.165, 1.54) is 5.56 Å². The lowest BCUT2D eigenvalue weighted by Crippen LogP contribution is -2.11. The molecular weight excluding hydrogens is 376 g/mol. The third-order valence-corrected chi connectivity index (χ3v) is 4.42. The van der Waals surface area contributed by atoms with Gasteiger partial charge in [-0.2, -0.15) is 0 Å². The number of ether oxygens (including phenoxy) is 4. The lowest BCUT2D eigenvalue weighted by molar-refractivity contribution is 0.0494. The second-order valence-electron chi connectivity index (χ2n) is 5.29. The van der Waals surface area contributed by atoms with Crippen molar-refractivity contribution in [3.8, 4) is 17.2 Å². The van der Waals surface area contributed by atoms with Crippen molar-refractivity contribution in [2.75, 3.05) is 20.5 Å². The number of hydrogen-bond donors (Lipinski definition) is 0. The third-order valence-electron chi connectivity index (χ3n) is 3.73. The predicted molar refractivity (Wildman–Crippen MR) is 91.9 cm³/mol. The summed E-state index contributed by atoms with van der Waals surface area (Å²) in [5.41, 5.74) is 2.72. The summed E-state index contributed by atoms with van der Waals surface area (Å²) in [6.45, 7) is 1.31. The number of rotatable bonds is 6. The molecule has 0 saturated heterocycles. The molecule has 1 aliphatic heterocycles. The first-order valence-electron chi connectivity index (χ1n) is 7.49. The normalized spacial score (nSPS) is 13.2. The van der Waals surface area contributed by atoms with Gasteiger partial charge in [0.05, 0.1) is 13.2 Å². The Kier molecular flexibility index (Phi) is 5.50. The maximum Gasteiger partial charge on any atom is 0.188 e. The van der Waals surface area contributed by atoms with Crippen molar-refractivity contribution < 1.29 is 23.7 Å². The van der Waals surface area contributed by atoms with Crippen molar-refractivity contribution in [1.82, 2.24) is 0 Å². The average molecular weight is 393 g/mol. The van der Waals surface area contributed by atoms with Gasteiger partial charge in [-0.25, -0.2) is 0 Å². The Labute approximate surface area is 148 Å². The molecule has 5 nitrogen and oxygen atoms in total. The zero-order valence-corrected chi connectivity index (χ0v) is 14.8. The van der Waals surface area contributed by atoms with Gasteiger partial charge >= 0.3 is 0 Å². The topological polar surface area (TPSA) is 54.0 Å². The number of methoxy groups -OCH3 is 1. The average Bonchev–Trinajstić information content (AvgIpc) is 2.61. The Balaban J connectivity index is 1.98. The van der Waals surface area contributed by atoms with Crippen LogP contribution in [0.15, 0.2) is 34.8 Å². The van der Waals surface area contributed by atoms with Gasteiger partial charge in [-0.15, -0.1) is 0 Å². The molecule has 24 heavy (non-hydrogen) atoms.